The van der Waals surface area contributed by atoms with E-state index in [0.717, 1.165) is 88.2 Å². The molecule has 3 aliphatic heterocycles. The van der Waals surface area contributed by atoms with Gasteiger partial charge in [-0.3, -0.25) is 15.0 Å². The van der Waals surface area contributed by atoms with Crippen molar-refractivity contribution in [2.45, 2.75) is 50.6 Å². The highest BCUT2D eigenvalue weighted by atomic mass is 32.1. The van der Waals surface area contributed by atoms with Gasteiger partial charge in [-0.05, 0) is 88.4 Å². The molecule has 0 amide bonds. The van der Waals surface area contributed by atoms with E-state index in [0.29, 0.717) is 0 Å². The van der Waals surface area contributed by atoms with Gasteiger partial charge in [0.2, 0.25) is 0 Å². The van der Waals surface area contributed by atoms with Crippen molar-refractivity contribution in [3.63, 3.8) is 0 Å². The molecule has 4 atom stereocenters. The van der Waals surface area contributed by atoms with Crippen molar-refractivity contribution in [2.75, 3.05) is 0 Å². The van der Waals surface area contributed by atoms with Gasteiger partial charge < -0.3 is 10.6 Å². The van der Waals surface area contributed by atoms with Crippen LogP contribution in [-0.2, 0) is 6.42 Å². The van der Waals surface area contributed by atoms with Crippen LogP contribution in [0.5, 0.6) is 0 Å². The van der Waals surface area contributed by atoms with Gasteiger partial charge in [0, 0.05) is 38.3 Å². The molecule has 0 saturated carbocycles. The lowest BCUT2D eigenvalue weighted by Gasteiger charge is -2.39. The highest BCUT2D eigenvalue weighted by molar-refractivity contribution is 7.12. The van der Waals surface area contributed by atoms with E-state index in [1.54, 1.807) is 0 Å². The van der Waals surface area contributed by atoms with Crippen LogP contribution in [0, 0.1) is 5.92 Å². The number of allylic oxidation sites excluding steroid dienone is 1. The fraction of sp³-hybridized carbons (Fsp3) is 0.143. The molecular formula is C63H50N6S. The molecule has 5 aliphatic rings. The molecule has 0 fully saturated rings. The third kappa shape index (κ3) is 7.49. The van der Waals surface area contributed by atoms with Crippen LogP contribution in [-0.4, -0.2) is 22.4 Å². The summed E-state index contributed by atoms with van der Waals surface area (Å²) in [5, 5.41) is 7.82. The number of hydrogen-bond acceptors (Lipinski definition) is 7. The molecule has 338 valence electrons. The Morgan fingerprint density at radius 2 is 0.943 bits per heavy atom. The standard InChI is InChI=1S/C63H50N6S/c1-39-54(42-24-12-4-13-25-42)47-33-35-49-57(67-63(45-30-18-7-19-31-45)69-61(49)59(47)65-55(39)43-26-14-5-15-27-43)53-37-36-52(70-53)56-48-34-32-46-50(40-20-8-2-9-21-40)38-51(41-22-10-3-11-23-41)64-58(46)60(48)68-62(66-56)44-28-16-6-17-29-44/h2-31,36-39,54,56-57H,32-35H2,1H3,(H,66,68)(H,67,69). The lowest BCUT2D eigenvalue weighted by molar-refractivity contribution is 0.577. The van der Waals surface area contributed by atoms with Crippen molar-refractivity contribution >= 4 is 34.4 Å². The molecule has 6 aromatic carbocycles. The first-order valence-electron chi connectivity index (χ1n) is 24.6. The molecule has 0 bridgehead atoms. The first kappa shape index (κ1) is 42.1. The number of thiophene rings is 1. The Bertz CT molecular complexity index is 3480. The first-order chi connectivity index (χ1) is 34.6. The Morgan fingerprint density at radius 1 is 0.471 bits per heavy atom. The molecular weight excluding hydrogens is 873 g/mol. The summed E-state index contributed by atoms with van der Waals surface area (Å²) < 4.78 is 0. The molecule has 4 unspecified atom stereocenters. The smallest absolute Gasteiger partial charge is 0.133 e. The van der Waals surface area contributed by atoms with E-state index in [2.05, 4.69) is 218 Å². The summed E-state index contributed by atoms with van der Waals surface area (Å²) in [7, 11) is 0. The molecule has 2 aromatic heterocycles. The van der Waals surface area contributed by atoms with E-state index >= 15 is 0 Å². The highest BCUT2D eigenvalue weighted by Crippen LogP contribution is 2.52. The molecule has 70 heavy (non-hydrogen) atoms. The van der Waals surface area contributed by atoms with E-state index in [1.165, 1.54) is 54.3 Å². The zero-order valence-electron chi connectivity index (χ0n) is 38.9. The number of fused-ring (bicyclic) bond motifs is 3. The van der Waals surface area contributed by atoms with Crippen molar-refractivity contribution in [3.8, 4) is 22.4 Å². The average molecular weight is 923 g/mol. The maximum absolute atomic E-state index is 5.69. The van der Waals surface area contributed by atoms with Gasteiger partial charge in [0.15, 0.2) is 0 Å². The van der Waals surface area contributed by atoms with Crippen LogP contribution in [0.2, 0.25) is 0 Å². The van der Waals surface area contributed by atoms with Gasteiger partial charge in [0.1, 0.15) is 23.8 Å². The predicted molar refractivity (Wildman–Crippen MR) is 287 cm³/mol. The molecule has 7 heteroatoms. The number of hydrogen-bond donors (Lipinski definition) is 2. The second kappa shape index (κ2) is 17.8. The molecule has 8 aromatic rings. The summed E-state index contributed by atoms with van der Waals surface area (Å²) in [5.74, 6) is 2.13. The number of pyridine rings is 1. The summed E-state index contributed by atoms with van der Waals surface area (Å²) in [6.07, 6.45) is 3.55. The largest absolute Gasteiger partial charge is 0.338 e. The molecule has 2 N–H and O–H groups in total. The minimum Gasteiger partial charge on any atom is -0.338 e. The van der Waals surface area contributed by atoms with Crippen LogP contribution >= 0.6 is 11.3 Å². The van der Waals surface area contributed by atoms with Gasteiger partial charge in [-0.15, -0.1) is 11.3 Å². The first-order valence-corrected chi connectivity index (χ1v) is 25.4. The fourth-order valence-corrected chi connectivity index (χ4v) is 12.5. The van der Waals surface area contributed by atoms with Crippen LogP contribution < -0.4 is 10.6 Å². The SMILES string of the molecule is CC1C(c2ccccc2)=NC2=C(CCC3=C2NC(c2ccccc2)=NC3c2ccc(C3N=C(c4ccccc4)NC4=C3CCc3c(-c5ccccc5)cc(-c5ccccc5)nc34)s2)C1c1ccccc1. The number of amidine groups is 2. The van der Waals surface area contributed by atoms with Crippen LogP contribution in [0.1, 0.15) is 87.5 Å². The zero-order valence-corrected chi connectivity index (χ0v) is 39.7. The van der Waals surface area contributed by atoms with Crippen molar-refractivity contribution < 1.29 is 0 Å². The monoisotopic (exact) mass is 922 g/mol. The maximum atomic E-state index is 5.69. The Balaban J connectivity index is 0.961. The van der Waals surface area contributed by atoms with Crippen LogP contribution in [0.25, 0.3) is 28.1 Å². The number of aliphatic imine (C=N–C) groups is 3. The van der Waals surface area contributed by atoms with Gasteiger partial charge in [0.05, 0.1) is 34.2 Å². The summed E-state index contributed by atoms with van der Waals surface area (Å²) >= 11 is 1.85. The lowest BCUT2D eigenvalue weighted by Crippen LogP contribution is -2.36. The summed E-state index contributed by atoms with van der Waals surface area (Å²) in [5.41, 5.74) is 19.7. The molecule has 2 aliphatic carbocycles. The van der Waals surface area contributed by atoms with Crippen molar-refractivity contribution in [3.05, 3.63) is 272 Å². The molecule has 0 spiro atoms. The van der Waals surface area contributed by atoms with Gasteiger partial charge in [-0.25, -0.2) is 4.98 Å². The summed E-state index contributed by atoms with van der Waals surface area (Å²) in [4.78, 5) is 24.9. The van der Waals surface area contributed by atoms with E-state index in [1.807, 2.05) is 11.3 Å². The van der Waals surface area contributed by atoms with Crippen molar-refractivity contribution in [1.29, 1.82) is 0 Å². The Labute approximate surface area is 413 Å². The normalized spacial score (nSPS) is 20.4. The Kier molecular flexibility index (Phi) is 10.7. The van der Waals surface area contributed by atoms with Gasteiger partial charge in [-0.2, -0.15) is 0 Å². The van der Waals surface area contributed by atoms with Crippen molar-refractivity contribution in [2.24, 2.45) is 20.9 Å². The average Bonchev–Trinajstić information content (AvgIpc) is 3.93. The molecule has 13 rings (SSSR count). The number of nitrogens with one attached hydrogen (secondary N) is 2. The van der Waals surface area contributed by atoms with Gasteiger partial charge >= 0.3 is 0 Å². The molecule has 0 saturated heterocycles. The fourth-order valence-electron chi connectivity index (χ4n) is 11.4. The minimum absolute atomic E-state index is 0.187. The highest BCUT2D eigenvalue weighted by Gasteiger charge is 2.41. The second-order valence-electron chi connectivity index (χ2n) is 18.8. The number of nitrogens with zero attached hydrogens (tertiary/aromatic N) is 4. The zero-order chi connectivity index (χ0) is 46.5. The molecule has 6 nitrogen and oxygen atoms in total. The van der Waals surface area contributed by atoms with Gasteiger partial charge in [-0.1, -0.05) is 189 Å². The summed E-state index contributed by atoms with van der Waals surface area (Å²) in [6.45, 7) is 2.36. The Morgan fingerprint density at radius 3 is 1.53 bits per heavy atom. The topological polar surface area (TPSA) is 74.0 Å². The number of benzene rings is 6. The van der Waals surface area contributed by atoms with E-state index in [4.69, 9.17) is 20.0 Å². The number of rotatable bonds is 8. The quantitative estimate of drug-likeness (QED) is 0.159. The second-order valence-corrected chi connectivity index (χ2v) is 20.0. The van der Waals surface area contributed by atoms with E-state index in [9.17, 15) is 0 Å². The van der Waals surface area contributed by atoms with Gasteiger partial charge in [0.25, 0.3) is 0 Å². The summed E-state index contributed by atoms with van der Waals surface area (Å²) in [6, 6.07) is 70.8. The third-order valence-electron chi connectivity index (χ3n) is 14.7. The third-order valence-corrected chi connectivity index (χ3v) is 15.9. The van der Waals surface area contributed by atoms with Crippen LogP contribution in [0.15, 0.2) is 243 Å². The molecule has 0 radical (unpaired) electrons. The number of aromatic nitrogens is 1. The van der Waals surface area contributed by atoms with Crippen molar-refractivity contribution in [1.82, 2.24) is 15.6 Å². The lowest BCUT2D eigenvalue weighted by atomic mass is 9.71. The van der Waals surface area contributed by atoms with Crippen LogP contribution in [0.4, 0.5) is 0 Å². The predicted octanol–water partition coefficient (Wildman–Crippen LogP) is 14.2. The Hall–Kier alpha value is -8.00. The maximum Gasteiger partial charge on any atom is 0.133 e. The molecule has 5 heterocycles. The van der Waals surface area contributed by atoms with E-state index < -0.39 is 0 Å². The van der Waals surface area contributed by atoms with E-state index in [-0.39, 0.29) is 23.9 Å². The minimum atomic E-state index is -0.196. The van der Waals surface area contributed by atoms with Crippen LogP contribution in [0.3, 0.4) is 0 Å².